The molecule has 0 spiro atoms. The normalized spacial score (nSPS) is 21.5. The van der Waals surface area contributed by atoms with Crippen LogP contribution in [0.3, 0.4) is 0 Å². The van der Waals surface area contributed by atoms with E-state index in [4.69, 9.17) is 16.9 Å². The van der Waals surface area contributed by atoms with Gasteiger partial charge >= 0.3 is 0 Å². The van der Waals surface area contributed by atoms with E-state index in [0.29, 0.717) is 24.8 Å². The van der Waals surface area contributed by atoms with E-state index in [1.165, 1.54) is 19.3 Å². The predicted molar refractivity (Wildman–Crippen MR) is 127 cm³/mol. The summed E-state index contributed by atoms with van der Waals surface area (Å²) in [6.07, 6.45) is 3.12. The van der Waals surface area contributed by atoms with Crippen LogP contribution in [-0.2, 0) is 10.2 Å². The number of nitrogens with zero attached hydrogens (tertiary/aromatic N) is 3. The van der Waals surface area contributed by atoms with E-state index in [2.05, 4.69) is 46.5 Å². The molecule has 2 fully saturated rings. The summed E-state index contributed by atoms with van der Waals surface area (Å²) >= 11 is 6.00. The summed E-state index contributed by atoms with van der Waals surface area (Å²) < 4.78 is 0. The molecule has 2 aromatic rings. The van der Waals surface area contributed by atoms with E-state index in [9.17, 15) is 9.59 Å². The zero-order chi connectivity index (χ0) is 23.8. The molecule has 0 unspecified atom stereocenters. The number of pyridine rings is 1. The molecule has 0 radical (unpaired) electrons. The topological polar surface area (TPSA) is 98.1 Å². The molecule has 1 saturated heterocycles. The SMILES string of the molecule is CNC(=O)c1cc(Cl)ncc1NC(=O)C1(c2ccccc2C(C)C)CN(C2CC(C#N)C2)C1. The minimum Gasteiger partial charge on any atom is -0.355 e. The zero-order valence-corrected chi connectivity index (χ0v) is 19.8. The van der Waals surface area contributed by atoms with Gasteiger partial charge in [-0.3, -0.25) is 14.5 Å². The number of likely N-dealkylation sites (tertiary alicyclic amines) is 1. The lowest BCUT2D eigenvalue weighted by molar-refractivity contribution is -0.131. The molecule has 1 aromatic heterocycles. The lowest BCUT2D eigenvalue weighted by atomic mass is 9.67. The Balaban J connectivity index is 1.67. The lowest BCUT2D eigenvalue weighted by Gasteiger charge is -2.55. The minimum absolute atomic E-state index is 0.108. The van der Waals surface area contributed by atoms with Crippen molar-refractivity contribution in [3.8, 4) is 6.07 Å². The molecule has 172 valence electrons. The highest BCUT2D eigenvalue weighted by molar-refractivity contribution is 6.30. The van der Waals surface area contributed by atoms with Gasteiger partial charge in [0.1, 0.15) is 5.15 Å². The average Bonchev–Trinajstić information content (AvgIpc) is 2.75. The Hall–Kier alpha value is -2.95. The minimum atomic E-state index is -0.752. The number of halogens is 1. The monoisotopic (exact) mass is 465 g/mol. The zero-order valence-electron chi connectivity index (χ0n) is 19.1. The van der Waals surface area contributed by atoms with E-state index >= 15 is 0 Å². The molecule has 7 nitrogen and oxygen atoms in total. The molecule has 0 atom stereocenters. The number of aromatic nitrogens is 1. The van der Waals surface area contributed by atoms with Gasteiger partial charge < -0.3 is 10.6 Å². The van der Waals surface area contributed by atoms with Crippen molar-refractivity contribution in [2.24, 2.45) is 5.92 Å². The fourth-order valence-electron chi connectivity index (χ4n) is 4.86. The van der Waals surface area contributed by atoms with Gasteiger partial charge in [-0.05, 0) is 36.0 Å². The summed E-state index contributed by atoms with van der Waals surface area (Å²) in [5.74, 6) is -0.155. The molecular weight excluding hydrogens is 438 g/mol. The van der Waals surface area contributed by atoms with Gasteiger partial charge in [-0.25, -0.2) is 4.98 Å². The molecule has 2 N–H and O–H groups in total. The second kappa shape index (κ2) is 9.12. The number of anilines is 1. The van der Waals surface area contributed by atoms with E-state index in [1.807, 2.05) is 18.2 Å². The standard InChI is InChI=1S/C25H28ClN5O2/c1-15(2)18-6-4-5-7-20(18)25(13-31(14-25)17-8-16(9-17)11-27)24(33)30-21-12-29-22(26)10-19(21)23(32)28-3/h4-7,10,12,15-17H,8-9,13-14H2,1-3H3,(H,28,32)(H,30,33). The first-order valence-electron chi connectivity index (χ1n) is 11.2. The first-order valence-corrected chi connectivity index (χ1v) is 11.6. The molecule has 33 heavy (non-hydrogen) atoms. The summed E-state index contributed by atoms with van der Waals surface area (Å²) in [4.78, 5) is 32.6. The molecule has 0 bridgehead atoms. The Morgan fingerprint density at radius 2 is 1.97 bits per heavy atom. The largest absolute Gasteiger partial charge is 0.355 e. The number of benzene rings is 1. The van der Waals surface area contributed by atoms with Crippen LogP contribution < -0.4 is 10.6 Å². The van der Waals surface area contributed by atoms with Gasteiger partial charge in [-0.1, -0.05) is 49.7 Å². The number of carbonyl (C=O) groups is 2. The van der Waals surface area contributed by atoms with Gasteiger partial charge in [0.2, 0.25) is 5.91 Å². The molecule has 1 aliphatic heterocycles. The van der Waals surface area contributed by atoms with Gasteiger partial charge in [-0.2, -0.15) is 5.26 Å². The molecule has 1 aromatic carbocycles. The van der Waals surface area contributed by atoms with Gasteiger partial charge in [0.15, 0.2) is 0 Å². The van der Waals surface area contributed by atoms with Crippen LogP contribution in [0, 0.1) is 17.2 Å². The number of amides is 2. The Morgan fingerprint density at radius 3 is 2.61 bits per heavy atom. The van der Waals surface area contributed by atoms with Crippen LogP contribution in [0.5, 0.6) is 0 Å². The number of nitriles is 1. The smallest absolute Gasteiger partial charge is 0.253 e. The fourth-order valence-corrected chi connectivity index (χ4v) is 5.02. The van der Waals surface area contributed by atoms with Gasteiger partial charge in [-0.15, -0.1) is 0 Å². The number of carbonyl (C=O) groups excluding carboxylic acids is 2. The predicted octanol–water partition coefficient (Wildman–Crippen LogP) is 3.71. The molecule has 2 heterocycles. The molecule has 4 rings (SSSR count). The maximum Gasteiger partial charge on any atom is 0.253 e. The van der Waals surface area contributed by atoms with Crippen LogP contribution in [-0.4, -0.2) is 47.9 Å². The van der Waals surface area contributed by atoms with E-state index in [-0.39, 0.29) is 34.4 Å². The van der Waals surface area contributed by atoms with Crippen LogP contribution in [0.2, 0.25) is 5.15 Å². The summed E-state index contributed by atoms with van der Waals surface area (Å²) in [6.45, 7) is 5.39. The van der Waals surface area contributed by atoms with Crippen molar-refractivity contribution in [2.75, 3.05) is 25.5 Å². The molecule has 8 heteroatoms. The Kier molecular flexibility index (Phi) is 6.42. The van der Waals surface area contributed by atoms with Crippen LogP contribution in [0.4, 0.5) is 5.69 Å². The fraction of sp³-hybridized carbons (Fsp3) is 0.440. The summed E-state index contributed by atoms with van der Waals surface area (Å²) in [7, 11) is 1.53. The van der Waals surface area contributed by atoms with Crippen molar-refractivity contribution in [1.82, 2.24) is 15.2 Å². The van der Waals surface area contributed by atoms with Crippen LogP contribution in [0.1, 0.15) is 54.1 Å². The number of rotatable bonds is 6. The highest BCUT2D eigenvalue weighted by Gasteiger charge is 2.55. The molecule has 2 aliphatic rings. The lowest BCUT2D eigenvalue weighted by Crippen LogP contribution is -2.69. The van der Waals surface area contributed by atoms with Gasteiger partial charge in [0.25, 0.3) is 5.91 Å². The summed E-state index contributed by atoms with van der Waals surface area (Å²) in [6, 6.07) is 12.2. The first kappa shape index (κ1) is 23.2. The maximum absolute atomic E-state index is 13.9. The van der Waals surface area contributed by atoms with Crippen LogP contribution in [0.15, 0.2) is 36.5 Å². The average molecular weight is 466 g/mol. The van der Waals surface area contributed by atoms with Crippen LogP contribution >= 0.6 is 11.6 Å². The first-order chi connectivity index (χ1) is 15.8. The van der Waals surface area contributed by atoms with E-state index < -0.39 is 5.41 Å². The highest BCUT2D eigenvalue weighted by atomic mass is 35.5. The molecule has 1 aliphatic carbocycles. The molecule has 1 saturated carbocycles. The van der Waals surface area contributed by atoms with Crippen molar-refractivity contribution in [3.05, 3.63) is 58.4 Å². The quantitative estimate of drug-likeness (QED) is 0.633. The number of hydrogen-bond acceptors (Lipinski definition) is 5. The third kappa shape index (κ3) is 4.21. The Bertz CT molecular complexity index is 1110. The number of hydrogen-bond donors (Lipinski definition) is 2. The van der Waals surface area contributed by atoms with Crippen LogP contribution in [0.25, 0.3) is 0 Å². The van der Waals surface area contributed by atoms with Crippen molar-refractivity contribution >= 4 is 29.1 Å². The van der Waals surface area contributed by atoms with Crippen molar-refractivity contribution in [1.29, 1.82) is 5.26 Å². The Morgan fingerprint density at radius 1 is 1.27 bits per heavy atom. The molecular formula is C25H28ClN5O2. The van der Waals surface area contributed by atoms with E-state index in [1.54, 1.807) is 0 Å². The third-order valence-corrected chi connectivity index (χ3v) is 7.09. The van der Waals surface area contributed by atoms with Gasteiger partial charge in [0.05, 0.1) is 28.9 Å². The van der Waals surface area contributed by atoms with Crippen molar-refractivity contribution in [3.63, 3.8) is 0 Å². The third-order valence-electron chi connectivity index (χ3n) is 6.88. The second-order valence-corrected chi connectivity index (χ2v) is 9.65. The number of nitrogens with one attached hydrogen (secondary N) is 2. The highest BCUT2D eigenvalue weighted by Crippen LogP contribution is 2.44. The summed E-state index contributed by atoms with van der Waals surface area (Å²) in [5.41, 5.74) is 1.99. The van der Waals surface area contributed by atoms with Crippen molar-refractivity contribution in [2.45, 2.75) is 44.1 Å². The van der Waals surface area contributed by atoms with Gasteiger partial charge in [0, 0.05) is 32.1 Å². The van der Waals surface area contributed by atoms with Crippen molar-refractivity contribution < 1.29 is 9.59 Å². The Labute approximate surface area is 199 Å². The summed E-state index contributed by atoms with van der Waals surface area (Å²) in [5, 5.41) is 14.9. The second-order valence-electron chi connectivity index (χ2n) is 9.27. The van der Waals surface area contributed by atoms with E-state index in [0.717, 1.165) is 24.0 Å². The molecule has 2 amide bonds. The maximum atomic E-state index is 13.9.